The minimum absolute atomic E-state index is 0.176. The lowest BCUT2D eigenvalue weighted by atomic mass is 10.1. The molecule has 0 bridgehead atoms. The van der Waals surface area contributed by atoms with Crippen LogP contribution in [0.5, 0.6) is 0 Å². The smallest absolute Gasteiger partial charge is 0.314 e. The number of benzene rings is 1. The predicted octanol–water partition coefficient (Wildman–Crippen LogP) is 0.996. The summed E-state index contributed by atoms with van der Waals surface area (Å²) < 4.78 is 53.1. The van der Waals surface area contributed by atoms with Gasteiger partial charge >= 0.3 is 12.2 Å². The molecule has 1 aliphatic heterocycles. The molecule has 1 aliphatic rings. The first-order valence-electron chi connectivity index (χ1n) is 5.84. The third-order valence-corrected chi connectivity index (χ3v) is 3.07. The van der Waals surface area contributed by atoms with Crippen molar-refractivity contribution in [2.24, 2.45) is 0 Å². The summed E-state index contributed by atoms with van der Waals surface area (Å²) in [4.78, 5) is 35.1. The number of alkyl halides is 3. The fraction of sp³-hybridized carbons (Fsp3) is 0.250. The third-order valence-electron chi connectivity index (χ3n) is 3.07. The van der Waals surface area contributed by atoms with E-state index in [4.69, 9.17) is 0 Å². The molecular formula is C12H9F4N3O3. The molecule has 0 unspecified atom stereocenters. The lowest BCUT2D eigenvalue weighted by Gasteiger charge is -2.29. The zero-order valence-corrected chi connectivity index (χ0v) is 11.0. The summed E-state index contributed by atoms with van der Waals surface area (Å²) in [6.45, 7) is 0. The van der Waals surface area contributed by atoms with Crippen molar-refractivity contribution in [3.8, 4) is 0 Å². The summed E-state index contributed by atoms with van der Waals surface area (Å²) in [5.74, 6) is -4.27. The number of likely N-dealkylation sites (N-methyl/N-ethyl adjacent to an activating group) is 1. The Kier molecular flexibility index (Phi) is 3.55. The lowest BCUT2D eigenvalue weighted by molar-refractivity contribution is -0.199. The molecule has 2 N–H and O–H groups in total. The summed E-state index contributed by atoms with van der Waals surface area (Å²) in [7, 11) is 0.820. The van der Waals surface area contributed by atoms with Gasteiger partial charge in [-0.05, 0) is 12.1 Å². The van der Waals surface area contributed by atoms with E-state index in [9.17, 15) is 31.9 Å². The van der Waals surface area contributed by atoms with E-state index in [1.165, 1.54) is 22.8 Å². The molecule has 0 saturated carbocycles. The Hall–Kier alpha value is -2.65. The Morgan fingerprint density at radius 1 is 1.27 bits per heavy atom. The highest BCUT2D eigenvalue weighted by Gasteiger charge is 2.68. The van der Waals surface area contributed by atoms with Gasteiger partial charge in [0.05, 0.1) is 5.56 Å². The van der Waals surface area contributed by atoms with E-state index >= 15 is 0 Å². The molecule has 1 aromatic carbocycles. The van der Waals surface area contributed by atoms with Crippen LogP contribution in [-0.2, 0) is 4.79 Å². The van der Waals surface area contributed by atoms with Crippen molar-refractivity contribution in [3.05, 3.63) is 35.6 Å². The molecule has 0 aromatic heterocycles. The molecule has 22 heavy (non-hydrogen) atoms. The molecule has 1 atom stereocenters. The lowest BCUT2D eigenvalue weighted by Crippen LogP contribution is -2.69. The molecule has 1 fully saturated rings. The van der Waals surface area contributed by atoms with Gasteiger partial charge in [-0.3, -0.25) is 19.8 Å². The van der Waals surface area contributed by atoms with Crippen LogP contribution in [0.25, 0.3) is 0 Å². The van der Waals surface area contributed by atoms with Crippen LogP contribution in [0.3, 0.4) is 0 Å². The van der Waals surface area contributed by atoms with Crippen LogP contribution in [0.4, 0.5) is 22.4 Å². The van der Waals surface area contributed by atoms with E-state index in [0.717, 1.165) is 19.2 Å². The first kappa shape index (κ1) is 15.7. The fourth-order valence-electron chi connectivity index (χ4n) is 1.87. The third kappa shape index (κ3) is 2.26. The molecule has 10 heteroatoms. The maximum atomic E-state index is 13.5. The van der Waals surface area contributed by atoms with Gasteiger partial charge in [-0.2, -0.15) is 13.2 Å². The van der Waals surface area contributed by atoms with Crippen molar-refractivity contribution in [1.29, 1.82) is 0 Å². The number of amides is 4. The van der Waals surface area contributed by atoms with Crippen molar-refractivity contribution in [1.82, 2.24) is 15.5 Å². The van der Waals surface area contributed by atoms with Gasteiger partial charge in [0.25, 0.3) is 17.5 Å². The summed E-state index contributed by atoms with van der Waals surface area (Å²) in [6, 6.07) is 2.95. The molecule has 1 saturated heterocycles. The van der Waals surface area contributed by atoms with Crippen molar-refractivity contribution < 1.29 is 31.9 Å². The number of hydrogen-bond donors (Lipinski definition) is 2. The van der Waals surface area contributed by atoms with Gasteiger partial charge in [0.2, 0.25) is 0 Å². The second-order valence-electron chi connectivity index (χ2n) is 4.48. The Morgan fingerprint density at radius 3 is 2.32 bits per heavy atom. The average molecular weight is 319 g/mol. The molecule has 0 radical (unpaired) electrons. The largest absolute Gasteiger partial charge is 0.440 e. The molecule has 4 amide bonds. The van der Waals surface area contributed by atoms with Gasteiger partial charge in [0, 0.05) is 7.05 Å². The van der Waals surface area contributed by atoms with Crippen molar-refractivity contribution in [2.75, 3.05) is 7.05 Å². The van der Waals surface area contributed by atoms with Gasteiger partial charge in [-0.1, -0.05) is 12.1 Å². The first-order chi connectivity index (χ1) is 10.1. The second-order valence-corrected chi connectivity index (χ2v) is 4.48. The van der Waals surface area contributed by atoms with Gasteiger partial charge in [0.1, 0.15) is 5.82 Å². The maximum absolute atomic E-state index is 13.5. The summed E-state index contributed by atoms with van der Waals surface area (Å²) >= 11 is 0. The van der Waals surface area contributed by atoms with E-state index in [1.54, 1.807) is 0 Å². The van der Waals surface area contributed by atoms with Crippen molar-refractivity contribution >= 4 is 17.8 Å². The van der Waals surface area contributed by atoms with E-state index in [2.05, 4.69) is 0 Å². The highest BCUT2D eigenvalue weighted by Crippen LogP contribution is 2.33. The number of rotatable bonds is 2. The average Bonchev–Trinajstić information content (AvgIpc) is 2.64. The summed E-state index contributed by atoms with van der Waals surface area (Å²) in [5.41, 5.74) is -4.32. The summed E-state index contributed by atoms with van der Waals surface area (Å²) in [6.07, 6.45) is -5.31. The molecular weight excluding hydrogens is 310 g/mol. The Morgan fingerprint density at radius 2 is 1.86 bits per heavy atom. The number of nitrogens with zero attached hydrogens (tertiary/aromatic N) is 1. The molecule has 1 heterocycles. The Bertz CT molecular complexity index is 661. The number of carbonyl (C=O) groups excluding carboxylic acids is 3. The van der Waals surface area contributed by atoms with Crippen LogP contribution < -0.4 is 10.6 Å². The van der Waals surface area contributed by atoms with Crippen LogP contribution in [0.15, 0.2) is 24.3 Å². The first-order valence-corrected chi connectivity index (χ1v) is 5.84. The number of halogens is 4. The highest BCUT2D eigenvalue weighted by molar-refractivity contribution is 6.10. The van der Waals surface area contributed by atoms with Crippen LogP contribution in [0.2, 0.25) is 0 Å². The normalized spacial score (nSPS) is 21.8. The zero-order chi connectivity index (χ0) is 16.7. The topological polar surface area (TPSA) is 78.5 Å². The number of urea groups is 1. The van der Waals surface area contributed by atoms with E-state index < -0.39 is 41.1 Å². The maximum Gasteiger partial charge on any atom is 0.440 e. The number of nitrogens with one attached hydrogen (secondary N) is 2. The molecule has 2 rings (SSSR count). The highest BCUT2D eigenvalue weighted by atomic mass is 19.4. The predicted molar refractivity (Wildman–Crippen MR) is 64.0 cm³/mol. The SMILES string of the molecule is CN1C(=O)N[C@@](NC(=O)c2ccccc2F)(C(F)(F)F)C1=O. The Labute approximate surface area is 121 Å². The van der Waals surface area contributed by atoms with Gasteiger partial charge in [-0.25, -0.2) is 9.18 Å². The number of carbonyl (C=O) groups is 3. The number of imide groups is 1. The zero-order valence-electron chi connectivity index (χ0n) is 11.0. The molecule has 1 aromatic rings. The molecule has 0 spiro atoms. The second kappa shape index (κ2) is 4.97. The monoisotopic (exact) mass is 319 g/mol. The molecule has 118 valence electrons. The number of hydrogen-bond acceptors (Lipinski definition) is 3. The minimum Gasteiger partial charge on any atom is -0.314 e. The van der Waals surface area contributed by atoms with Gasteiger partial charge in [0.15, 0.2) is 0 Å². The van der Waals surface area contributed by atoms with E-state index in [0.29, 0.717) is 0 Å². The Balaban J connectivity index is 2.42. The van der Waals surface area contributed by atoms with Crippen molar-refractivity contribution in [3.63, 3.8) is 0 Å². The van der Waals surface area contributed by atoms with Gasteiger partial charge in [-0.15, -0.1) is 0 Å². The molecule has 6 nitrogen and oxygen atoms in total. The van der Waals surface area contributed by atoms with Crippen LogP contribution >= 0.6 is 0 Å². The standard InChI is InChI=1S/C12H9F4N3O3/c1-19-9(21)11(12(14,15)16,18-10(19)22)17-8(20)6-4-2-3-5-7(6)13/h2-5H,1H3,(H,17,20)(H,18,22)/t11-/m1/s1. The quantitative estimate of drug-likeness (QED) is 0.630. The van der Waals surface area contributed by atoms with Crippen LogP contribution in [0.1, 0.15) is 10.4 Å². The van der Waals surface area contributed by atoms with E-state index in [1.807, 2.05) is 0 Å². The summed E-state index contributed by atoms with van der Waals surface area (Å²) in [5, 5.41) is 2.76. The van der Waals surface area contributed by atoms with Gasteiger partial charge < -0.3 is 5.32 Å². The van der Waals surface area contributed by atoms with Crippen molar-refractivity contribution in [2.45, 2.75) is 11.8 Å². The molecule has 0 aliphatic carbocycles. The fourth-order valence-corrected chi connectivity index (χ4v) is 1.87. The van der Waals surface area contributed by atoms with Crippen LogP contribution in [0, 0.1) is 5.82 Å². The minimum atomic E-state index is -5.31. The van der Waals surface area contributed by atoms with Crippen LogP contribution in [-0.4, -0.2) is 41.6 Å². The van der Waals surface area contributed by atoms with E-state index in [-0.39, 0.29) is 4.90 Å².